The third kappa shape index (κ3) is 1.78. The van der Waals surface area contributed by atoms with E-state index in [4.69, 9.17) is 11.6 Å². The van der Waals surface area contributed by atoms with Crippen molar-refractivity contribution in [2.75, 3.05) is 0 Å². The molecule has 0 amide bonds. The highest BCUT2D eigenvalue weighted by Crippen LogP contribution is 2.24. The molecule has 0 fully saturated rings. The third-order valence-electron chi connectivity index (χ3n) is 1.67. The van der Waals surface area contributed by atoms with Gasteiger partial charge in [0.05, 0.1) is 4.47 Å². The monoisotopic (exact) mass is 272 g/mol. The van der Waals surface area contributed by atoms with Crippen molar-refractivity contribution in [1.29, 1.82) is 0 Å². The maximum atomic E-state index is 5.70. The number of rotatable bonds is 1. The molecule has 0 saturated carbocycles. The van der Waals surface area contributed by atoms with Gasteiger partial charge in [-0.15, -0.1) is 0 Å². The zero-order valence-electron chi connectivity index (χ0n) is 7.28. The van der Waals surface area contributed by atoms with Crippen molar-refractivity contribution in [3.63, 3.8) is 0 Å². The van der Waals surface area contributed by atoms with Crippen molar-refractivity contribution < 1.29 is 0 Å². The highest BCUT2D eigenvalue weighted by Gasteiger charge is 2.08. The first-order chi connectivity index (χ1) is 6.66. The molecule has 2 aromatic heterocycles. The minimum absolute atomic E-state index is 0.217. The molecule has 0 saturated heterocycles. The van der Waals surface area contributed by atoms with Crippen LogP contribution in [0.3, 0.4) is 0 Å². The molecule has 72 valence electrons. The van der Waals surface area contributed by atoms with E-state index in [1.165, 1.54) is 0 Å². The van der Waals surface area contributed by atoms with E-state index in [-0.39, 0.29) is 5.28 Å². The van der Waals surface area contributed by atoms with E-state index >= 15 is 0 Å². The first kappa shape index (κ1) is 9.61. The van der Waals surface area contributed by atoms with E-state index in [0.717, 1.165) is 10.2 Å². The predicted octanol–water partition coefficient (Wildman–Crippen LogP) is 2.29. The zero-order valence-corrected chi connectivity index (χ0v) is 9.62. The summed E-state index contributed by atoms with van der Waals surface area (Å²) in [5.41, 5.74) is 1.47. The molecule has 0 aliphatic heterocycles. The average molecular weight is 274 g/mol. The number of halogens is 2. The summed E-state index contributed by atoms with van der Waals surface area (Å²) in [5, 5.41) is 4.44. The Bertz CT molecular complexity index is 468. The van der Waals surface area contributed by atoms with E-state index in [2.05, 4.69) is 31.0 Å². The molecular weight excluding hydrogens is 267 g/mol. The molecule has 6 heteroatoms. The summed E-state index contributed by atoms with van der Waals surface area (Å²) < 4.78 is 2.48. The van der Waals surface area contributed by atoms with Crippen molar-refractivity contribution in [3.8, 4) is 11.4 Å². The van der Waals surface area contributed by atoms with Gasteiger partial charge in [-0.05, 0) is 33.6 Å². The fraction of sp³-hybridized carbons (Fsp3) is 0.125. The van der Waals surface area contributed by atoms with Crippen molar-refractivity contribution in [1.82, 2.24) is 19.7 Å². The van der Waals surface area contributed by atoms with Crippen molar-refractivity contribution in [2.45, 2.75) is 0 Å². The highest BCUT2D eigenvalue weighted by atomic mass is 79.9. The van der Waals surface area contributed by atoms with Gasteiger partial charge in [-0.1, -0.05) is 0 Å². The Labute approximate surface area is 94.1 Å². The fourth-order valence-corrected chi connectivity index (χ4v) is 1.59. The molecule has 0 aliphatic carbocycles. The lowest BCUT2D eigenvalue weighted by Gasteiger charge is -1.98. The summed E-state index contributed by atoms with van der Waals surface area (Å²) in [6.45, 7) is 0. The van der Waals surface area contributed by atoms with E-state index in [0.29, 0.717) is 5.69 Å². The van der Waals surface area contributed by atoms with Gasteiger partial charge in [0, 0.05) is 19.4 Å². The van der Waals surface area contributed by atoms with Crippen LogP contribution < -0.4 is 0 Å². The maximum Gasteiger partial charge on any atom is 0.223 e. The van der Waals surface area contributed by atoms with Gasteiger partial charge in [0.25, 0.3) is 0 Å². The van der Waals surface area contributed by atoms with Gasteiger partial charge in [0.1, 0.15) is 11.4 Å². The molecule has 0 unspecified atom stereocenters. The molecule has 2 heterocycles. The third-order valence-corrected chi connectivity index (χ3v) is 2.43. The van der Waals surface area contributed by atoms with Crippen LogP contribution in [-0.4, -0.2) is 19.7 Å². The lowest BCUT2D eigenvalue weighted by atomic mass is 10.3. The molecule has 0 atom stereocenters. The summed E-state index contributed by atoms with van der Waals surface area (Å²) >= 11 is 9.04. The molecule has 0 spiro atoms. The number of hydrogen-bond acceptors (Lipinski definition) is 3. The van der Waals surface area contributed by atoms with Crippen LogP contribution in [0.25, 0.3) is 11.4 Å². The van der Waals surface area contributed by atoms with Gasteiger partial charge in [0.2, 0.25) is 5.28 Å². The van der Waals surface area contributed by atoms with Crippen molar-refractivity contribution >= 4 is 27.5 Å². The number of nitrogens with zero attached hydrogens (tertiary/aromatic N) is 4. The van der Waals surface area contributed by atoms with Crippen LogP contribution in [0, 0.1) is 0 Å². The second kappa shape index (κ2) is 3.67. The van der Waals surface area contributed by atoms with Gasteiger partial charge in [-0.25, -0.2) is 9.97 Å². The van der Waals surface area contributed by atoms with Crippen molar-refractivity contribution in [3.05, 3.63) is 28.2 Å². The van der Waals surface area contributed by atoms with Gasteiger partial charge >= 0.3 is 0 Å². The molecule has 0 aromatic carbocycles. The molecular formula is C8H6BrClN4. The fourth-order valence-electron chi connectivity index (χ4n) is 1.07. The van der Waals surface area contributed by atoms with Crippen LogP contribution in [0.15, 0.2) is 22.9 Å². The van der Waals surface area contributed by atoms with Crippen LogP contribution in [0.1, 0.15) is 0 Å². The molecule has 14 heavy (non-hydrogen) atoms. The summed E-state index contributed by atoms with van der Waals surface area (Å²) in [6, 6.07) is 1.86. The molecule has 4 nitrogen and oxygen atoms in total. The van der Waals surface area contributed by atoms with Gasteiger partial charge in [-0.3, -0.25) is 4.68 Å². The lowest BCUT2D eigenvalue weighted by Crippen LogP contribution is -1.92. The highest BCUT2D eigenvalue weighted by molar-refractivity contribution is 9.10. The van der Waals surface area contributed by atoms with E-state index in [1.54, 1.807) is 10.9 Å². The van der Waals surface area contributed by atoms with Crippen LogP contribution in [-0.2, 0) is 7.05 Å². The predicted molar refractivity (Wildman–Crippen MR) is 56.9 cm³/mol. The van der Waals surface area contributed by atoms with Gasteiger partial charge < -0.3 is 0 Å². The first-order valence-corrected chi connectivity index (χ1v) is 5.02. The topological polar surface area (TPSA) is 43.6 Å². The Hall–Kier alpha value is -0.940. The molecule has 0 radical (unpaired) electrons. The minimum atomic E-state index is 0.217. The number of hydrogen-bond donors (Lipinski definition) is 0. The maximum absolute atomic E-state index is 5.70. The summed E-state index contributed by atoms with van der Waals surface area (Å²) in [5.74, 6) is 0. The van der Waals surface area contributed by atoms with Crippen LogP contribution >= 0.6 is 27.5 Å². The van der Waals surface area contributed by atoms with Gasteiger partial charge in [-0.2, -0.15) is 5.10 Å². The number of aryl methyl sites for hydroxylation is 1. The molecule has 0 bridgehead atoms. The Kier molecular flexibility index (Phi) is 2.52. The SMILES string of the molecule is Cn1ccc(-c2nc(Cl)ncc2Br)n1. The summed E-state index contributed by atoms with van der Waals surface area (Å²) in [7, 11) is 1.85. The van der Waals surface area contributed by atoms with Crippen molar-refractivity contribution in [2.24, 2.45) is 7.05 Å². The summed E-state index contributed by atoms with van der Waals surface area (Å²) in [4.78, 5) is 7.93. The standard InChI is InChI=1S/C8H6BrClN4/c1-14-3-2-6(13-14)7-5(9)4-11-8(10)12-7/h2-4H,1H3. The number of aromatic nitrogens is 4. The van der Waals surface area contributed by atoms with Gasteiger partial charge in [0.15, 0.2) is 0 Å². The Balaban J connectivity index is 2.55. The minimum Gasteiger partial charge on any atom is -0.275 e. The Morgan fingerprint density at radius 2 is 2.29 bits per heavy atom. The van der Waals surface area contributed by atoms with E-state index in [1.807, 2.05) is 19.3 Å². The Morgan fingerprint density at radius 3 is 2.93 bits per heavy atom. The smallest absolute Gasteiger partial charge is 0.223 e. The lowest BCUT2D eigenvalue weighted by molar-refractivity contribution is 0.769. The first-order valence-electron chi connectivity index (χ1n) is 3.85. The second-order valence-corrected chi connectivity index (χ2v) is 3.90. The largest absolute Gasteiger partial charge is 0.275 e. The molecule has 0 N–H and O–H groups in total. The normalized spacial score (nSPS) is 10.5. The second-order valence-electron chi connectivity index (χ2n) is 2.71. The molecule has 0 aliphatic rings. The average Bonchev–Trinajstić information content (AvgIpc) is 2.56. The van der Waals surface area contributed by atoms with Crippen LogP contribution in [0.5, 0.6) is 0 Å². The molecule has 2 aromatic rings. The van der Waals surface area contributed by atoms with Crippen LogP contribution in [0.4, 0.5) is 0 Å². The van der Waals surface area contributed by atoms with E-state index in [9.17, 15) is 0 Å². The summed E-state index contributed by atoms with van der Waals surface area (Å²) in [6.07, 6.45) is 3.46. The van der Waals surface area contributed by atoms with E-state index < -0.39 is 0 Å². The molecule has 2 rings (SSSR count). The Morgan fingerprint density at radius 1 is 1.50 bits per heavy atom. The quantitative estimate of drug-likeness (QED) is 0.749. The van der Waals surface area contributed by atoms with Crippen LogP contribution in [0.2, 0.25) is 5.28 Å². The zero-order chi connectivity index (χ0) is 10.1.